The molecule has 9 heteroatoms. The van der Waals surface area contributed by atoms with Gasteiger partial charge in [-0.05, 0) is 48.6 Å². The molecule has 0 spiro atoms. The van der Waals surface area contributed by atoms with Gasteiger partial charge >= 0.3 is 0 Å². The molecular formula is C18H17FN4O3S. The van der Waals surface area contributed by atoms with Crippen molar-refractivity contribution in [1.29, 1.82) is 0 Å². The van der Waals surface area contributed by atoms with Gasteiger partial charge in [-0.1, -0.05) is 0 Å². The third kappa shape index (κ3) is 3.82. The van der Waals surface area contributed by atoms with Gasteiger partial charge in [0.15, 0.2) is 17.3 Å². The van der Waals surface area contributed by atoms with E-state index in [1.54, 1.807) is 30.5 Å². The van der Waals surface area contributed by atoms with Gasteiger partial charge in [0.1, 0.15) is 5.82 Å². The second-order valence-corrected chi connectivity index (χ2v) is 5.76. The molecule has 3 rings (SSSR count). The summed E-state index contributed by atoms with van der Waals surface area (Å²) in [6, 6.07) is 9.41. The average Bonchev–Trinajstić information content (AvgIpc) is 3.06. The molecule has 0 fully saturated rings. The number of hydrogen-bond donors (Lipinski definition) is 1. The monoisotopic (exact) mass is 388 g/mol. The maximum Gasteiger partial charge on any atom is 0.216 e. The average molecular weight is 388 g/mol. The molecule has 0 aliphatic rings. The molecule has 2 aromatic carbocycles. The van der Waals surface area contributed by atoms with E-state index < -0.39 is 0 Å². The molecule has 0 aliphatic heterocycles. The van der Waals surface area contributed by atoms with E-state index in [0.29, 0.717) is 39.0 Å². The van der Waals surface area contributed by atoms with Gasteiger partial charge in [0, 0.05) is 11.1 Å². The van der Waals surface area contributed by atoms with Crippen LogP contribution in [-0.4, -0.2) is 42.4 Å². The van der Waals surface area contributed by atoms with Crippen molar-refractivity contribution in [2.75, 3.05) is 21.3 Å². The van der Waals surface area contributed by atoms with Gasteiger partial charge in [0.25, 0.3) is 0 Å². The summed E-state index contributed by atoms with van der Waals surface area (Å²) in [7, 11) is 4.61. The highest BCUT2D eigenvalue weighted by Gasteiger charge is 2.13. The zero-order chi connectivity index (χ0) is 19.4. The molecular weight excluding hydrogens is 371 g/mol. The number of benzene rings is 2. The highest BCUT2D eigenvalue weighted by atomic mass is 32.1. The van der Waals surface area contributed by atoms with Crippen molar-refractivity contribution >= 4 is 18.4 Å². The molecule has 27 heavy (non-hydrogen) atoms. The smallest absolute Gasteiger partial charge is 0.216 e. The van der Waals surface area contributed by atoms with Crippen LogP contribution in [0.25, 0.3) is 11.4 Å². The molecule has 0 amide bonds. The molecule has 0 bridgehead atoms. The van der Waals surface area contributed by atoms with Crippen molar-refractivity contribution in [2.24, 2.45) is 5.10 Å². The Balaban J connectivity index is 2.01. The van der Waals surface area contributed by atoms with Crippen LogP contribution in [0.2, 0.25) is 0 Å². The molecule has 0 saturated heterocycles. The Bertz CT molecular complexity index is 1000. The summed E-state index contributed by atoms with van der Waals surface area (Å²) in [6.45, 7) is 0. The highest BCUT2D eigenvalue weighted by molar-refractivity contribution is 7.71. The Kier molecular flexibility index (Phi) is 5.51. The lowest BCUT2D eigenvalue weighted by Crippen LogP contribution is -1.98. The molecule has 140 valence electrons. The molecule has 0 radical (unpaired) electrons. The predicted molar refractivity (Wildman–Crippen MR) is 102 cm³/mol. The number of halogens is 1. The van der Waals surface area contributed by atoms with Gasteiger partial charge in [-0.3, -0.25) is 0 Å². The first kappa shape index (κ1) is 18.6. The third-order valence-corrected chi connectivity index (χ3v) is 4.03. The quantitative estimate of drug-likeness (QED) is 0.515. The Labute approximate surface area is 160 Å². The summed E-state index contributed by atoms with van der Waals surface area (Å²) in [4.78, 5) is 0. The molecule has 1 N–H and O–H groups in total. The van der Waals surface area contributed by atoms with Crippen molar-refractivity contribution in [3.63, 3.8) is 0 Å². The zero-order valence-corrected chi connectivity index (χ0v) is 15.7. The van der Waals surface area contributed by atoms with Gasteiger partial charge in [0.05, 0.1) is 27.5 Å². The van der Waals surface area contributed by atoms with E-state index >= 15 is 0 Å². The highest BCUT2D eigenvalue weighted by Crippen LogP contribution is 2.37. The number of hydrogen-bond acceptors (Lipinski definition) is 6. The lowest BCUT2D eigenvalue weighted by molar-refractivity contribution is 0.324. The van der Waals surface area contributed by atoms with E-state index in [1.807, 2.05) is 0 Å². The molecule has 0 unspecified atom stereocenters. The molecule has 0 saturated carbocycles. The van der Waals surface area contributed by atoms with Crippen LogP contribution in [0.4, 0.5) is 4.39 Å². The van der Waals surface area contributed by atoms with Crippen LogP contribution in [-0.2, 0) is 0 Å². The van der Waals surface area contributed by atoms with Crippen molar-refractivity contribution in [1.82, 2.24) is 14.9 Å². The minimum atomic E-state index is -0.333. The fourth-order valence-electron chi connectivity index (χ4n) is 2.48. The van der Waals surface area contributed by atoms with E-state index in [1.165, 1.54) is 38.1 Å². The minimum absolute atomic E-state index is 0.304. The van der Waals surface area contributed by atoms with E-state index in [2.05, 4.69) is 15.3 Å². The Morgan fingerprint density at radius 3 is 2.26 bits per heavy atom. The number of ether oxygens (including phenoxy) is 3. The summed E-state index contributed by atoms with van der Waals surface area (Å²) < 4.78 is 30.9. The molecule has 7 nitrogen and oxygen atoms in total. The largest absolute Gasteiger partial charge is 0.493 e. The topological polar surface area (TPSA) is 73.7 Å². The first-order valence-electron chi connectivity index (χ1n) is 7.85. The maximum atomic E-state index is 13.2. The van der Waals surface area contributed by atoms with E-state index in [-0.39, 0.29) is 5.82 Å². The number of nitrogens with zero attached hydrogens (tertiary/aromatic N) is 3. The second kappa shape index (κ2) is 8.00. The van der Waals surface area contributed by atoms with Gasteiger partial charge in [-0.15, -0.1) is 0 Å². The normalized spacial score (nSPS) is 11.0. The number of aromatic nitrogens is 3. The number of nitrogens with one attached hydrogen (secondary N) is 1. The van der Waals surface area contributed by atoms with E-state index in [9.17, 15) is 4.39 Å². The predicted octanol–water partition coefficient (Wildman–Crippen LogP) is 3.65. The number of rotatable bonds is 6. The van der Waals surface area contributed by atoms with E-state index in [0.717, 1.165) is 0 Å². The standard InChI is InChI=1S/C18H17FN4O3S/c1-24-14-8-11(9-15(25-2)16(14)26-3)10-20-23-17(21-22-18(23)27)12-4-6-13(19)7-5-12/h4-10H,1-3H3,(H,22,27)/b20-10+. The first-order valence-corrected chi connectivity index (χ1v) is 8.26. The van der Waals surface area contributed by atoms with Crippen LogP contribution in [0.15, 0.2) is 41.5 Å². The lowest BCUT2D eigenvalue weighted by atomic mass is 10.2. The Morgan fingerprint density at radius 2 is 1.70 bits per heavy atom. The van der Waals surface area contributed by atoms with Gasteiger partial charge in [-0.2, -0.15) is 14.9 Å². The van der Waals surface area contributed by atoms with Crippen LogP contribution in [0, 0.1) is 10.6 Å². The Morgan fingerprint density at radius 1 is 1.07 bits per heavy atom. The fourth-order valence-corrected chi connectivity index (χ4v) is 2.66. The van der Waals surface area contributed by atoms with Crippen molar-refractivity contribution in [3.05, 3.63) is 52.5 Å². The minimum Gasteiger partial charge on any atom is -0.493 e. The van der Waals surface area contributed by atoms with Gasteiger partial charge in [-0.25, -0.2) is 9.49 Å². The molecule has 3 aromatic rings. The number of H-pyrrole nitrogens is 1. The number of aromatic amines is 1. The fraction of sp³-hybridized carbons (Fsp3) is 0.167. The summed E-state index contributed by atoms with van der Waals surface area (Å²) in [6.07, 6.45) is 1.59. The molecule has 0 atom stereocenters. The summed E-state index contributed by atoms with van der Waals surface area (Å²) in [5.74, 6) is 1.63. The van der Waals surface area contributed by atoms with Crippen molar-refractivity contribution < 1.29 is 18.6 Å². The summed E-state index contributed by atoms with van der Waals surface area (Å²) in [5.41, 5.74) is 1.38. The zero-order valence-electron chi connectivity index (χ0n) is 14.9. The van der Waals surface area contributed by atoms with Crippen molar-refractivity contribution in [3.8, 4) is 28.6 Å². The third-order valence-electron chi connectivity index (χ3n) is 3.76. The van der Waals surface area contributed by atoms with Gasteiger partial charge < -0.3 is 14.2 Å². The number of methoxy groups -OCH3 is 3. The van der Waals surface area contributed by atoms with Crippen LogP contribution < -0.4 is 14.2 Å². The lowest BCUT2D eigenvalue weighted by Gasteiger charge is -2.12. The molecule has 1 heterocycles. The summed E-state index contributed by atoms with van der Waals surface area (Å²) in [5, 5.41) is 11.2. The first-order chi connectivity index (χ1) is 13.1. The van der Waals surface area contributed by atoms with Crippen LogP contribution in [0.3, 0.4) is 0 Å². The van der Waals surface area contributed by atoms with Crippen LogP contribution >= 0.6 is 12.2 Å². The van der Waals surface area contributed by atoms with Crippen LogP contribution in [0.5, 0.6) is 17.2 Å². The maximum absolute atomic E-state index is 13.2. The van der Waals surface area contributed by atoms with Crippen LogP contribution in [0.1, 0.15) is 5.56 Å². The molecule has 0 aliphatic carbocycles. The van der Waals surface area contributed by atoms with Crippen molar-refractivity contribution in [2.45, 2.75) is 0 Å². The van der Waals surface area contributed by atoms with Gasteiger partial charge in [0.2, 0.25) is 10.5 Å². The van der Waals surface area contributed by atoms with E-state index in [4.69, 9.17) is 26.4 Å². The Hall–Kier alpha value is -3.20. The summed E-state index contributed by atoms with van der Waals surface area (Å²) >= 11 is 5.24. The SMILES string of the molecule is COc1cc(/C=N/n2c(-c3ccc(F)cc3)n[nH]c2=S)cc(OC)c1OC. The molecule has 1 aromatic heterocycles. The second-order valence-electron chi connectivity index (χ2n) is 5.37.